The Morgan fingerprint density at radius 3 is 2.56 bits per heavy atom. The second kappa shape index (κ2) is 5.63. The number of hydrogen-bond acceptors (Lipinski definition) is 5. The molecular weight excluding hydrogens is 343 g/mol. The predicted molar refractivity (Wildman–Crippen MR) is 76.7 cm³/mol. The Morgan fingerprint density at radius 1 is 1.36 bits per heavy atom. The van der Waals surface area contributed by atoms with Gasteiger partial charge in [0, 0.05) is 6.54 Å². The third kappa shape index (κ3) is 2.39. The highest BCUT2D eigenvalue weighted by atomic mass is 19.4. The maximum Gasteiger partial charge on any atom is 0.421 e. The van der Waals surface area contributed by atoms with Crippen LogP contribution in [0.15, 0.2) is 12.1 Å². The lowest BCUT2D eigenvalue weighted by molar-refractivity contribution is -0.139. The molecule has 0 saturated carbocycles. The van der Waals surface area contributed by atoms with E-state index in [9.17, 15) is 27.9 Å². The molecule has 1 N–H and O–H groups in total. The van der Waals surface area contributed by atoms with Gasteiger partial charge in [0.1, 0.15) is 11.6 Å². The molecule has 2 aliphatic heterocycles. The number of rotatable bonds is 2. The van der Waals surface area contributed by atoms with E-state index < -0.39 is 52.8 Å². The molecule has 1 aromatic carbocycles. The van der Waals surface area contributed by atoms with Crippen molar-refractivity contribution in [2.24, 2.45) is 0 Å². The van der Waals surface area contributed by atoms with E-state index in [4.69, 9.17) is 10.00 Å². The summed E-state index contributed by atoms with van der Waals surface area (Å²) in [7, 11) is 0.955. The Labute approximate surface area is 139 Å². The van der Waals surface area contributed by atoms with E-state index in [0.717, 1.165) is 24.1 Å². The molecular formula is C15H12F3N3O4. The maximum atomic E-state index is 13.4. The van der Waals surface area contributed by atoms with E-state index in [1.54, 1.807) is 0 Å². The number of ether oxygens (including phenoxy) is 1. The number of aliphatic hydroxyl groups excluding tert-OH is 1. The van der Waals surface area contributed by atoms with Crippen molar-refractivity contribution >= 4 is 17.6 Å². The van der Waals surface area contributed by atoms with Gasteiger partial charge in [0.2, 0.25) is 0 Å². The third-order valence-electron chi connectivity index (χ3n) is 4.26. The monoisotopic (exact) mass is 355 g/mol. The molecule has 1 aromatic rings. The van der Waals surface area contributed by atoms with Crippen LogP contribution >= 0.6 is 0 Å². The zero-order valence-electron chi connectivity index (χ0n) is 12.9. The molecule has 1 unspecified atom stereocenters. The van der Waals surface area contributed by atoms with Crippen molar-refractivity contribution in [1.29, 1.82) is 5.26 Å². The van der Waals surface area contributed by atoms with Crippen LogP contribution in [0.2, 0.25) is 0 Å². The summed E-state index contributed by atoms with van der Waals surface area (Å²) in [6.07, 6.45) is -5.78. The van der Waals surface area contributed by atoms with E-state index >= 15 is 0 Å². The topological polar surface area (TPSA) is 93.9 Å². The first-order valence-electron chi connectivity index (χ1n) is 7.23. The minimum atomic E-state index is -4.92. The number of carbonyl (C=O) groups is 2. The highest BCUT2D eigenvalue weighted by Crippen LogP contribution is 2.45. The smallest absolute Gasteiger partial charge is 0.421 e. The van der Waals surface area contributed by atoms with E-state index in [1.807, 2.05) is 0 Å². The Hall–Kier alpha value is -2.80. The Morgan fingerprint density at radius 2 is 2.04 bits per heavy atom. The minimum absolute atomic E-state index is 0.123. The summed E-state index contributed by atoms with van der Waals surface area (Å²) in [5.41, 5.74) is -2.46. The third-order valence-corrected chi connectivity index (χ3v) is 4.26. The number of nitrogens with zero attached hydrogens (tertiary/aromatic N) is 3. The molecule has 132 valence electrons. The Bertz CT molecular complexity index is 802. The highest BCUT2D eigenvalue weighted by Gasteiger charge is 2.53. The number of aliphatic hydroxyl groups is 1. The van der Waals surface area contributed by atoms with Crippen molar-refractivity contribution < 1.29 is 32.6 Å². The van der Waals surface area contributed by atoms with Crippen molar-refractivity contribution in [3.63, 3.8) is 0 Å². The van der Waals surface area contributed by atoms with Crippen LogP contribution in [-0.4, -0.2) is 47.7 Å². The Balaban J connectivity index is 2.17. The van der Waals surface area contributed by atoms with Gasteiger partial charge in [-0.3, -0.25) is 4.79 Å². The Kier molecular flexibility index (Phi) is 3.84. The second-order valence-corrected chi connectivity index (χ2v) is 5.60. The number of carbonyl (C=O) groups excluding carboxylic acids is 2. The fourth-order valence-corrected chi connectivity index (χ4v) is 3.19. The molecule has 3 rings (SSSR count). The first kappa shape index (κ1) is 17.0. The quantitative estimate of drug-likeness (QED) is 0.811. The van der Waals surface area contributed by atoms with Gasteiger partial charge in [0.25, 0.3) is 5.91 Å². The number of hydrogen-bond donors (Lipinski definition) is 1. The summed E-state index contributed by atoms with van der Waals surface area (Å²) in [6, 6.07) is 1.40. The van der Waals surface area contributed by atoms with Crippen molar-refractivity contribution in [1.82, 2.24) is 4.90 Å². The zero-order valence-corrected chi connectivity index (χ0v) is 12.9. The van der Waals surface area contributed by atoms with Crippen LogP contribution in [0.25, 0.3) is 0 Å². The lowest BCUT2D eigenvalue weighted by Crippen LogP contribution is -2.36. The molecule has 0 spiro atoms. The molecule has 2 saturated heterocycles. The van der Waals surface area contributed by atoms with Crippen LogP contribution in [0.4, 0.5) is 23.7 Å². The molecule has 2 fully saturated rings. The number of nitriles is 1. The highest BCUT2D eigenvalue weighted by molar-refractivity contribution is 6.22. The first-order valence-corrected chi connectivity index (χ1v) is 7.23. The maximum absolute atomic E-state index is 13.4. The van der Waals surface area contributed by atoms with Gasteiger partial charge in [-0.2, -0.15) is 18.4 Å². The summed E-state index contributed by atoms with van der Waals surface area (Å²) in [5.74, 6) is -1.62. The number of benzene rings is 1. The number of alkyl halides is 3. The number of urea groups is 1. The van der Waals surface area contributed by atoms with Gasteiger partial charge in [-0.05, 0) is 18.6 Å². The van der Waals surface area contributed by atoms with Crippen LogP contribution in [0.1, 0.15) is 17.5 Å². The molecule has 7 nitrogen and oxygen atoms in total. The van der Waals surface area contributed by atoms with E-state index in [2.05, 4.69) is 0 Å². The number of amides is 3. The molecule has 2 heterocycles. The lowest BCUT2D eigenvalue weighted by Gasteiger charge is -2.22. The largest absolute Gasteiger partial charge is 0.494 e. The molecule has 0 aliphatic carbocycles. The standard InChI is InChI=1S/C15H12F3N3O4/c1-25-12-8(3-2-7(6-19)10(12)15(16,17)18)21-13(23)11-9(22)4-5-20(11)14(21)24/h2-3,9,11,22H,4-5H2,1H3/t9?,11-/m0/s1. The van der Waals surface area contributed by atoms with Gasteiger partial charge in [-0.1, -0.05) is 0 Å². The molecule has 0 bridgehead atoms. The van der Waals surface area contributed by atoms with Gasteiger partial charge in [0.15, 0.2) is 5.75 Å². The van der Waals surface area contributed by atoms with Gasteiger partial charge in [0.05, 0.1) is 30.5 Å². The summed E-state index contributed by atoms with van der Waals surface area (Å²) in [4.78, 5) is 26.6. The predicted octanol–water partition coefficient (Wildman–Crippen LogP) is 1.49. The normalized spacial score (nSPS) is 23.0. The fraction of sp³-hybridized carbons (Fsp3) is 0.400. The van der Waals surface area contributed by atoms with Crippen LogP contribution in [0, 0.1) is 11.3 Å². The van der Waals surface area contributed by atoms with Crippen LogP contribution in [0.5, 0.6) is 5.75 Å². The number of methoxy groups -OCH3 is 1. The summed E-state index contributed by atoms with van der Waals surface area (Å²) in [5, 5.41) is 18.8. The summed E-state index contributed by atoms with van der Waals surface area (Å²) >= 11 is 0. The van der Waals surface area contributed by atoms with Gasteiger partial charge >= 0.3 is 12.2 Å². The lowest BCUT2D eigenvalue weighted by atomic mass is 10.0. The molecule has 10 heteroatoms. The van der Waals surface area contributed by atoms with E-state index in [0.29, 0.717) is 4.90 Å². The van der Waals surface area contributed by atoms with Crippen molar-refractivity contribution in [2.45, 2.75) is 24.7 Å². The number of halogens is 3. The van der Waals surface area contributed by atoms with Gasteiger partial charge < -0.3 is 14.7 Å². The minimum Gasteiger partial charge on any atom is -0.494 e. The number of fused-ring (bicyclic) bond motifs is 1. The molecule has 2 aliphatic rings. The van der Waals surface area contributed by atoms with Crippen molar-refractivity contribution in [2.75, 3.05) is 18.6 Å². The van der Waals surface area contributed by atoms with Crippen LogP contribution in [-0.2, 0) is 11.0 Å². The van der Waals surface area contributed by atoms with E-state index in [-0.39, 0.29) is 13.0 Å². The van der Waals surface area contributed by atoms with Crippen molar-refractivity contribution in [3.8, 4) is 11.8 Å². The first-order chi connectivity index (χ1) is 11.7. The van der Waals surface area contributed by atoms with Crippen LogP contribution < -0.4 is 9.64 Å². The number of anilines is 1. The molecule has 3 amide bonds. The molecule has 0 aromatic heterocycles. The SMILES string of the molecule is COc1c(N2C(=O)[C@@H]3C(O)CCN3C2=O)ccc(C#N)c1C(F)(F)F. The molecule has 25 heavy (non-hydrogen) atoms. The average Bonchev–Trinajstić information content (AvgIpc) is 3.05. The molecule has 2 atom stereocenters. The van der Waals surface area contributed by atoms with Crippen molar-refractivity contribution in [3.05, 3.63) is 23.3 Å². The second-order valence-electron chi connectivity index (χ2n) is 5.60. The van der Waals surface area contributed by atoms with E-state index in [1.165, 1.54) is 6.07 Å². The molecule has 0 radical (unpaired) electrons. The fourth-order valence-electron chi connectivity index (χ4n) is 3.19. The summed E-state index contributed by atoms with van der Waals surface area (Å²) < 4.78 is 44.9. The van der Waals surface area contributed by atoms with Crippen LogP contribution in [0.3, 0.4) is 0 Å². The summed E-state index contributed by atoms with van der Waals surface area (Å²) in [6.45, 7) is 0.123. The van der Waals surface area contributed by atoms with Gasteiger partial charge in [-0.15, -0.1) is 0 Å². The zero-order chi connectivity index (χ0) is 18.5. The number of imide groups is 1. The average molecular weight is 355 g/mol. The van der Waals surface area contributed by atoms with Gasteiger partial charge in [-0.25, -0.2) is 9.69 Å².